The maximum Gasteiger partial charge on any atom is 0.244 e. The Kier molecular flexibility index (Phi) is 5.21. The van der Waals surface area contributed by atoms with Crippen LogP contribution in [0.15, 0.2) is 24.3 Å². The van der Waals surface area contributed by atoms with Gasteiger partial charge in [-0.1, -0.05) is 30.2 Å². The summed E-state index contributed by atoms with van der Waals surface area (Å²) in [4.78, 5) is 11.9. The van der Waals surface area contributed by atoms with E-state index in [0.717, 1.165) is 30.4 Å². The highest BCUT2D eigenvalue weighted by Crippen LogP contribution is 2.25. The van der Waals surface area contributed by atoms with Crippen LogP contribution < -0.4 is 5.32 Å². The van der Waals surface area contributed by atoms with Crippen LogP contribution in [-0.4, -0.2) is 23.7 Å². The minimum atomic E-state index is -0.118. The summed E-state index contributed by atoms with van der Waals surface area (Å²) in [5.41, 5.74) is 1.92. The molecule has 1 amide bonds. The van der Waals surface area contributed by atoms with Crippen LogP contribution in [0, 0.1) is 12.8 Å². The fourth-order valence-corrected chi connectivity index (χ4v) is 2.75. The van der Waals surface area contributed by atoms with Crippen molar-refractivity contribution in [2.24, 2.45) is 5.92 Å². The number of hydrogen-bond donors (Lipinski definition) is 2. The minimum Gasteiger partial charge on any atom is -0.396 e. The second-order valence-electron chi connectivity index (χ2n) is 5.33. The zero-order valence-corrected chi connectivity index (χ0v) is 12.4. The smallest absolute Gasteiger partial charge is 0.244 e. The number of nitrogens with one attached hydrogen (secondary N) is 1. The average Bonchev–Trinajstić information content (AvgIpc) is 2.87. The molecule has 1 fully saturated rings. The molecule has 4 heteroatoms. The molecular weight excluding hydrogens is 274 g/mol. The molecule has 0 spiro atoms. The van der Waals surface area contributed by atoms with Crippen molar-refractivity contribution in [3.63, 3.8) is 0 Å². The topological polar surface area (TPSA) is 49.3 Å². The van der Waals surface area contributed by atoms with Crippen LogP contribution in [0.4, 0.5) is 0 Å². The number of benzene rings is 1. The molecule has 2 N–H and O–H groups in total. The summed E-state index contributed by atoms with van der Waals surface area (Å²) < 4.78 is 0. The molecule has 2 rings (SSSR count). The fraction of sp³-hybridized carbons (Fsp3) is 0.438. The van der Waals surface area contributed by atoms with E-state index in [9.17, 15) is 9.90 Å². The van der Waals surface area contributed by atoms with Crippen LogP contribution in [0.5, 0.6) is 0 Å². The van der Waals surface area contributed by atoms with Gasteiger partial charge >= 0.3 is 0 Å². The van der Waals surface area contributed by atoms with Gasteiger partial charge in [-0.15, -0.1) is 0 Å². The molecule has 2 atom stereocenters. The molecule has 1 aliphatic carbocycles. The van der Waals surface area contributed by atoms with Gasteiger partial charge in [0.2, 0.25) is 5.91 Å². The Morgan fingerprint density at radius 2 is 2.30 bits per heavy atom. The summed E-state index contributed by atoms with van der Waals surface area (Å²) >= 11 is 6.04. The summed E-state index contributed by atoms with van der Waals surface area (Å²) in [6, 6.07) is 5.79. The third-order valence-corrected chi connectivity index (χ3v) is 4.25. The SMILES string of the molecule is Cc1ccc(/C=C/C(=O)NC2CCCC2CO)cc1Cl. The van der Waals surface area contributed by atoms with Gasteiger partial charge in [-0.05, 0) is 43.0 Å². The van der Waals surface area contributed by atoms with Crippen molar-refractivity contribution in [2.75, 3.05) is 6.61 Å². The third-order valence-electron chi connectivity index (χ3n) is 3.84. The second kappa shape index (κ2) is 6.91. The summed E-state index contributed by atoms with van der Waals surface area (Å²) in [7, 11) is 0. The van der Waals surface area contributed by atoms with E-state index in [-0.39, 0.29) is 24.5 Å². The van der Waals surface area contributed by atoms with Gasteiger partial charge in [-0.2, -0.15) is 0 Å². The largest absolute Gasteiger partial charge is 0.396 e. The summed E-state index contributed by atoms with van der Waals surface area (Å²) in [6.07, 6.45) is 6.27. The van der Waals surface area contributed by atoms with E-state index in [4.69, 9.17) is 11.6 Å². The average molecular weight is 294 g/mol. The fourth-order valence-electron chi connectivity index (χ4n) is 2.56. The van der Waals surface area contributed by atoms with Gasteiger partial charge in [0.25, 0.3) is 0 Å². The molecule has 20 heavy (non-hydrogen) atoms. The van der Waals surface area contributed by atoms with Gasteiger partial charge in [0.05, 0.1) is 0 Å². The van der Waals surface area contributed by atoms with E-state index >= 15 is 0 Å². The van der Waals surface area contributed by atoms with E-state index in [2.05, 4.69) is 5.32 Å². The van der Waals surface area contributed by atoms with E-state index < -0.39 is 0 Å². The van der Waals surface area contributed by atoms with Crippen molar-refractivity contribution >= 4 is 23.6 Å². The van der Waals surface area contributed by atoms with Crippen LogP contribution in [0.3, 0.4) is 0 Å². The highest BCUT2D eigenvalue weighted by atomic mass is 35.5. The molecule has 0 radical (unpaired) electrons. The summed E-state index contributed by atoms with van der Waals surface area (Å²) in [6.45, 7) is 2.08. The number of aliphatic hydroxyl groups excluding tert-OH is 1. The monoisotopic (exact) mass is 293 g/mol. The first kappa shape index (κ1) is 15.1. The van der Waals surface area contributed by atoms with Gasteiger partial charge in [0, 0.05) is 29.7 Å². The lowest BCUT2D eigenvalue weighted by Gasteiger charge is -2.17. The molecule has 1 saturated carbocycles. The van der Waals surface area contributed by atoms with Crippen molar-refractivity contribution in [3.8, 4) is 0 Å². The molecule has 1 aromatic rings. The van der Waals surface area contributed by atoms with Crippen LogP contribution >= 0.6 is 11.6 Å². The molecule has 0 aromatic heterocycles. The Morgan fingerprint density at radius 3 is 3.00 bits per heavy atom. The maximum atomic E-state index is 11.9. The standard InChI is InChI=1S/C16H20ClNO2/c1-11-5-6-12(9-14(11)17)7-8-16(20)18-15-4-2-3-13(15)10-19/h5-9,13,15,19H,2-4,10H2,1H3,(H,18,20)/b8-7+. The first-order valence-corrected chi connectivity index (χ1v) is 7.33. The highest BCUT2D eigenvalue weighted by molar-refractivity contribution is 6.31. The van der Waals surface area contributed by atoms with E-state index in [1.54, 1.807) is 6.08 Å². The van der Waals surface area contributed by atoms with Crippen LogP contribution in [-0.2, 0) is 4.79 Å². The molecule has 0 aliphatic heterocycles. The highest BCUT2D eigenvalue weighted by Gasteiger charge is 2.27. The van der Waals surface area contributed by atoms with Crippen molar-refractivity contribution < 1.29 is 9.90 Å². The molecule has 1 aromatic carbocycles. The number of rotatable bonds is 4. The number of aliphatic hydroxyl groups is 1. The second-order valence-corrected chi connectivity index (χ2v) is 5.74. The number of carbonyl (C=O) groups is 1. The molecule has 108 valence electrons. The maximum absolute atomic E-state index is 11.9. The van der Waals surface area contributed by atoms with Gasteiger partial charge in [0.15, 0.2) is 0 Å². The minimum absolute atomic E-state index is 0.0961. The number of aryl methyl sites for hydroxylation is 1. The first-order chi connectivity index (χ1) is 9.60. The lowest BCUT2D eigenvalue weighted by atomic mass is 10.1. The van der Waals surface area contributed by atoms with Crippen LogP contribution in [0.25, 0.3) is 6.08 Å². The van der Waals surface area contributed by atoms with Gasteiger partial charge in [0.1, 0.15) is 0 Å². The zero-order chi connectivity index (χ0) is 14.5. The molecule has 1 aliphatic rings. The quantitative estimate of drug-likeness (QED) is 0.839. The number of amides is 1. The summed E-state index contributed by atoms with van der Waals surface area (Å²) in [5, 5.41) is 12.9. The first-order valence-electron chi connectivity index (χ1n) is 6.95. The van der Waals surface area contributed by atoms with Crippen molar-refractivity contribution in [2.45, 2.75) is 32.2 Å². The predicted molar refractivity (Wildman–Crippen MR) is 81.6 cm³/mol. The molecule has 3 nitrogen and oxygen atoms in total. The Morgan fingerprint density at radius 1 is 1.50 bits per heavy atom. The Bertz CT molecular complexity index is 513. The Labute approximate surface area is 124 Å². The molecule has 0 saturated heterocycles. The van der Waals surface area contributed by atoms with Gasteiger partial charge in [-0.25, -0.2) is 0 Å². The van der Waals surface area contributed by atoms with Crippen molar-refractivity contribution in [1.82, 2.24) is 5.32 Å². The van der Waals surface area contributed by atoms with E-state index in [0.29, 0.717) is 5.02 Å². The molecular formula is C16H20ClNO2. The number of carbonyl (C=O) groups excluding carboxylic acids is 1. The van der Waals surface area contributed by atoms with Gasteiger partial charge in [-0.3, -0.25) is 4.79 Å². The summed E-state index contributed by atoms with van der Waals surface area (Å²) in [5.74, 6) is 0.0771. The number of hydrogen-bond acceptors (Lipinski definition) is 2. The Balaban J connectivity index is 1.93. The number of halogens is 1. The van der Waals surface area contributed by atoms with Crippen molar-refractivity contribution in [3.05, 3.63) is 40.4 Å². The van der Waals surface area contributed by atoms with Crippen LogP contribution in [0.1, 0.15) is 30.4 Å². The lowest BCUT2D eigenvalue weighted by molar-refractivity contribution is -0.117. The van der Waals surface area contributed by atoms with Crippen molar-refractivity contribution in [1.29, 1.82) is 0 Å². The van der Waals surface area contributed by atoms with E-state index in [1.165, 1.54) is 6.08 Å². The molecule has 0 heterocycles. The molecule has 2 unspecified atom stereocenters. The van der Waals surface area contributed by atoms with Crippen LogP contribution in [0.2, 0.25) is 5.02 Å². The predicted octanol–water partition coefficient (Wildman–Crippen LogP) is 2.94. The third kappa shape index (κ3) is 3.84. The molecule has 0 bridgehead atoms. The lowest BCUT2D eigenvalue weighted by Crippen LogP contribution is -2.37. The van der Waals surface area contributed by atoms with E-state index in [1.807, 2.05) is 25.1 Å². The Hall–Kier alpha value is -1.32. The zero-order valence-electron chi connectivity index (χ0n) is 11.6. The normalized spacial score (nSPS) is 22.4. The van der Waals surface area contributed by atoms with Gasteiger partial charge < -0.3 is 10.4 Å².